The molecule has 0 aromatic carbocycles. The Morgan fingerprint density at radius 1 is 0.742 bits per heavy atom. The van der Waals surface area contributed by atoms with Crippen molar-refractivity contribution in [3.8, 4) is 0 Å². The number of fused-ring (bicyclic) bond motifs is 7. The molecule has 4 saturated heterocycles. The van der Waals surface area contributed by atoms with Crippen LogP contribution in [-0.2, 0) is 33.2 Å². The van der Waals surface area contributed by atoms with E-state index in [1.807, 2.05) is 6.92 Å². The predicted molar refractivity (Wildman–Crippen MR) is 209 cm³/mol. The second-order valence-corrected chi connectivity index (χ2v) is 20.3. The first-order chi connectivity index (χ1) is 29.3. The second-order valence-electron chi connectivity index (χ2n) is 20.3. The molecule has 8 rings (SSSR count). The lowest BCUT2D eigenvalue weighted by atomic mass is 9.47. The van der Waals surface area contributed by atoms with Gasteiger partial charge in [0.15, 0.2) is 37.2 Å². The van der Waals surface area contributed by atoms with E-state index in [2.05, 4.69) is 26.8 Å². The molecule has 19 heteroatoms. The SMILES string of the molecule is C[C@@H](CO)CCC1(O)OC2C[C@H]3[C@@H]4CC=C5CC(O[C@@H]6OC(CO)[C@@H](O[C@@H]7OC(O)[C@H](O)C(O)C7O)C(O)C6O[C@@H]6OC(O)[C@H](O)C(O)C6O)CC[C@]5(C)[C@H]4CC[C@]3(C)C2[C@@H]1C. The van der Waals surface area contributed by atoms with Gasteiger partial charge in [-0.2, -0.15) is 0 Å². The van der Waals surface area contributed by atoms with Crippen LogP contribution in [0.2, 0.25) is 0 Å². The van der Waals surface area contributed by atoms with Crippen LogP contribution >= 0.6 is 0 Å². The highest BCUT2D eigenvalue weighted by atomic mass is 16.8. The summed E-state index contributed by atoms with van der Waals surface area (Å²) in [5.41, 5.74) is 1.14. The van der Waals surface area contributed by atoms with Crippen molar-refractivity contribution < 1.29 is 94.4 Å². The summed E-state index contributed by atoms with van der Waals surface area (Å²) in [6.07, 6.45) is -18.2. The summed E-state index contributed by atoms with van der Waals surface area (Å²) in [6.45, 7) is 8.17. The average molecular weight is 891 g/mol. The number of aliphatic hydroxyl groups excluding tert-OH is 11. The number of ether oxygens (including phenoxy) is 7. The van der Waals surface area contributed by atoms with Crippen molar-refractivity contribution in [3.05, 3.63) is 11.6 Å². The van der Waals surface area contributed by atoms with Crippen molar-refractivity contribution in [2.24, 2.45) is 46.3 Å². The van der Waals surface area contributed by atoms with Gasteiger partial charge in [-0.1, -0.05) is 39.3 Å². The third-order valence-corrected chi connectivity index (χ3v) is 16.9. The number of aliphatic hydroxyl groups is 12. The van der Waals surface area contributed by atoms with Crippen LogP contribution in [0, 0.1) is 46.3 Å². The molecule has 0 spiro atoms. The third-order valence-electron chi connectivity index (χ3n) is 16.9. The third kappa shape index (κ3) is 8.05. The van der Waals surface area contributed by atoms with Crippen LogP contribution in [0.3, 0.4) is 0 Å². The van der Waals surface area contributed by atoms with Gasteiger partial charge in [-0.25, -0.2) is 0 Å². The average Bonchev–Trinajstić information content (AvgIpc) is 3.68. The van der Waals surface area contributed by atoms with E-state index < -0.39 is 111 Å². The molecule has 0 aromatic rings. The zero-order chi connectivity index (χ0) is 44.8. The first-order valence-corrected chi connectivity index (χ1v) is 22.6. The van der Waals surface area contributed by atoms with Crippen molar-refractivity contribution in [1.29, 1.82) is 0 Å². The fraction of sp³-hybridized carbons (Fsp3) is 0.953. The highest BCUT2D eigenvalue weighted by Crippen LogP contribution is 2.70. The first-order valence-electron chi connectivity index (χ1n) is 22.6. The highest BCUT2D eigenvalue weighted by molar-refractivity contribution is 5.26. The Balaban J connectivity index is 0.982. The number of hydrogen-bond acceptors (Lipinski definition) is 19. The van der Waals surface area contributed by atoms with Gasteiger partial charge in [0.25, 0.3) is 0 Å². The van der Waals surface area contributed by atoms with Gasteiger partial charge in [-0.3, -0.25) is 0 Å². The molecule has 4 aliphatic heterocycles. The Bertz CT molecular complexity index is 1590. The van der Waals surface area contributed by atoms with Gasteiger partial charge >= 0.3 is 0 Å². The Labute approximate surface area is 361 Å². The van der Waals surface area contributed by atoms with Crippen molar-refractivity contribution in [3.63, 3.8) is 0 Å². The maximum absolute atomic E-state index is 11.9. The molecule has 8 aliphatic rings. The maximum atomic E-state index is 11.9. The maximum Gasteiger partial charge on any atom is 0.189 e. The molecule has 0 bridgehead atoms. The molecule has 0 aromatic heterocycles. The van der Waals surface area contributed by atoms with Crippen molar-refractivity contribution in [2.75, 3.05) is 13.2 Å². The number of hydrogen-bond donors (Lipinski definition) is 12. The number of allylic oxidation sites excluding steroid dienone is 1. The standard InChI is InChI=1S/C43H70O19/c1-17(15-44)7-12-43(55)18(2)26-24(62-43)14-23-21-6-5-19-13-20(8-10-41(19,3)22(21)9-11-42(23,26)4)56-40-35(59-39-32(51)28(47)30(49)37(54)61-39)33(52)34(25(16-45)57-40)58-38-31(50)27(46)29(48)36(53)60-38/h5,17-18,20-40,44-55H,6-16H2,1-4H3/t17-,18+,20?,21-,22+,23+,24?,25?,26?,27?,28?,29-,30-,31?,32?,33?,34-,35?,36?,37?,38-,39-,40-,41+,42+,43?/m1/s1. The normalized spacial score (nSPS) is 55.7. The molecule has 0 radical (unpaired) electrons. The minimum absolute atomic E-state index is 0.0151. The highest BCUT2D eigenvalue weighted by Gasteiger charge is 2.68. The second kappa shape index (κ2) is 17.9. The topological polar surface area (TPSA) is 307 Å². The Hall–Kier alpha value is -1.02. The van der Waals surface area contributed by atoms with Gasteiger partial charge < -0.3 is 94.4 Å². The summed E-state index contributed by atoms with van der Waals surface area (Å²) in [7, 11) is 0. The van der Waals surface area contributed by atoms with Crippen LogP contribution in [0.25, 0.3) is 0 Å². The van der Waals surface area contributed by atoms with Crippen LogP contribution in [0.5, 0.6) is 0 Å². The monoisotopic (exact) mass is 890 g/mol. The molecule has 3 saturated carbocycles. The van der Waals surface area contributed by atoms with Crippen molar-refractivity contribution in [1.82, 2.24) is 0 Å². The molecule has 62 heavy (non-hydrogen) atoms. The van der Waals surface area contributed by atoms with Gasteiger partial charge in [-0.15, -0.1) is 0 Å². The van der Waals surface area contributed by atoms with Gasteiger partial charge in [0.2, 0.25) is 0 Å². The predicted octanol–water partition coefficient (Wildman–Crippen LogP) is -1.94. The van der Waals surface area contributed by atoms with E-state index in [1.54, 1.807) is 0 Å². The van der Waals surface area contributed by atoms with Crippen LogP contribution in [-0.4, -0.2) is 185 Å². The van der Waals surface area contributed by atoms with Gasteiger partial charge in [0.05, 0.1) is 18.8 Å². The molecule has 13 unspecified atom stereocenters. The Kier molecular flexibility index (Phi) is 13.7. The molecule has 19 nitrogen and oxygen atoms in total. The lowest BCUT2D eigenvalue weighted by Gasteiger charge is -2.58. The van der Waals surface area contributed by atoms with Gasteiger partial charge in [-0.05, 0) is 91.8 Å². The largest absolute Gasteiger partial charge is 0.396 e. The summed E-state index contributed by atoms with van der Waals surface area (Å²) >= 11 is 0. The summed E-state index contributed by atoms with van der Waals surface area (Å²) in [5.74, 6) is 0.378. The van der Waals surface area contributed by atoms with Gasteiger partial charge in [0, 0.05) is 18.9 Å². The van der Waals surface area contributed by atoms with Crippen LogP contribution in [0.4, 0.5) is 0 Å². The fourth-order valence-electron chi connectivity index (χ4n) is 13.1. The Morgan fingerprint density at radius 2 is 1.37 bits per heavy atom. The fourth-order valence-corrected chi connectivity index (χ4v) is 13.1. The van der Waals surface area contributed by atoms with E-state index in [9.17, 15) is 61.3 Å². The molecular formula is C43H70O19. The van der Waals surface area contributed by atoms with Crippen molar-refractivity contribution >= 4 is 0 Å². The Morgan fingerprint density at radius 3 is 1.98 bits per heavy atom. The van der Waals surface area contributed by atoms with Crippen molar-refractivity contribution in [2.45, 2.75) is 196 Å². The summed E-state index contributed by atoms with van der Waals surface area (Å²) in [5, 5.41) is 126. The van der Waals surface area contributed by atoms with E-state index in [4.69, 9.17) is 33.2 Å². The van der Waals surface area contributed by atoms with Crippen LogP contribution in [0.15, 0.2) is 11.6 Å². The molecule has 12 N–H and O–H groups in total. The van der Waals surface area contributed by atoms with Gasteiger partial charge in [0.1, 0.15) is 61.0 Å². The minimum atomic E-state index is -1.98. The molecular weight excluding hydrogens is 820 g/mol. The van der Waals surface area contributed by atoms with Crippen LogP contribution < -0.4 is 0 Å². The molecule has 0 amide bonds. The van der Waals surface area contributed by atoms with E-state index >= 15 is 0 Å². The molecule has 26 atom stereocenters. The quantitative estimate of drug-likeness (QED) is 0.100. The smallest absolute Gasteiger partial charge is 0.189 e. The molecule has 7 fully saturated rings. The lowest BCUT2D eigenvalue weighted by molar-refractivity contribution is -0.405. The molecule has 4 heterocycles. The summed E-state index contributed by atoms with van der Waals surface area (Å²) in [6, 6.07) is 0. The van der Waals surface area contributed by atoms with E-state index in [1.165, 1.54) is 5.57 Å². The minimum Gasteiger partial charge on any atom is -0.396 e. The summed E-state index contributed by atoms with van der Waals surface area (Å²) in [4.78, 5) is 0. The van der Waals surface area contributed by atoms with Crippen LogP contribution in [0.1, 0.15) is 85.5 Å². The number of rotatable bonds is 11. The zero-order valence-corrected chi connectivity index (χ0v) is 35.9. The van der Waals surface area contributed by atoms with E-state index in [0.717, 1.165) is 32.1 Å². The summed E-state index contributed by atoms with van der Waals surface area (Å²) < 4.78 is 41.5. The zero-order valence-electron chi connectivity index (χ0n) is 35.9. The van der Waals surface area contributed by atoms with E-state index in [-0.39, 0.29) is 41.3 Å². The lowest BCUT2D eigenvalue weighted by Crippen LogP contribution is -2.67. The van der Waals surface area contributed by atoms with E-state index in [0.29, 0.717) is 43.4 Å². The first kappa shape index (κ1) is 47.5. The molecule has 356 valence electrons. The molecule has 4 aliphatic carbocycles.